The number of nitrogen functional groups attached to an aromatic ring is 2. The number of aliphatic hydroxyl groups is 1. The van der Waals surface area contributed by atoms with Gasteiger partial charge in [-0.15, -0.1) is 0 Å². The number of aliphatic hydroxyl groups excluding tert-OH is 1. The first-order valence-electron chi connectivity index (χ1n) is 15.9. The van der Waals surface area contributed by atoms with Gasteiger partial charge in [0.05, 0.1) is 38.0 Å². The van der Waals surface area contributed by atoms with Crippen LogP contribution in [-0.4, -0.2) is 107 Å². The Morgan fingerprint density at radius 1 is 0.922 bits per heavy atom. The van der Waals surface area contributed by atoms with Gasteiger partial charge in [-0.25, -0.2) is 40.1 Å². The first-order valence-corrected chi connectivity index (χ1v) is 24.2. The van der Waals surface area contributed by atoms with Crippen molar-refractivity contribution in [3.8, 4) is 0 Å². The average Bonchev–Trinajstić information content (AvgIpc) is 3.80. The van der Waals surface area contributed by atoms with Crippen molar-refractivity contribution in [2.75, 3.05) is 24.7 Å². The molecular weight excluding hydrogens is 763 g/mol. The number of fused-ring (bicyclic) bond motifs is 4. The van der Waals surface area contributed by atoms with Crippen molar-refractivity contribution in [1.82, 2.24) is 49.2 Å². The van der Waals surface area contributed by atoms with E-state index >= 15 is 0 Å². The lowest BCUT2D eigenvalue weighted by molar-refractivity contribution is -0.0464. The fourth-order valence-electron chi connectivity index (χ4n) is 6.09. The Bertz CT molecular complexity index is 2050. The number of thiol groups is 1. The van der Waals surface area contributed by atoms with E-state index in [0.29, 0.717) is 22.3 Å². The van der Waals surface area contributed by atoms with Crippen molar-refractivity contribution < 1.29 is 37.5 Å². The molecule has 0 aliphatic carbocycles. The number of nitrogens with zero attached hydrogens (tertiary/aromatic N) is 8. The number of aromatic nitrogens is 8. The van der Waals surface area contributed by atoms with Crippen LogP contribution in [0.3, 0.4) is 0 Å². The minimum Gasteiger partial charge on any atom is -0.408 e. The molecule has 3 saturated heterocycles. The molecule has 51 heavy (non-hydrogen) atoms. The second-order valence-corrected chi connectivity index (χ2v) is 25.0. The van der Waals surface area contributed by atoms with E-state index in [-0.39, 0.29) is 29.9 Å². The molecule has 8 N–H and O–H groups in total. The van der Waals surface area contributed by atoms with Gasteiger partial charge in [-0.2, -0.15) is 0 Å². The van der Waals surface area contributed by atoms with E-state index in [4.69, 9.17) is 46.2 Å². The fraction of sp³-hybridized carbons (Fsp3) is 0.615. The molecule has 0 bridgehead atoms. The van der Waals surface area contributed by atoms with Gasteiger partial charge in [-0.3, -0.25) is 13.7 Å². The third-order valence-electron chi connectivity index (χ3n) is 9.74. The molecular formula is C26H40N12O8P2S2Si. The lowest BCUT2D eigenvalue weighted by Crippen LogP contribution is -2.53. The maximum atomic E-state index is 13.9. The number of anilines is 2. The minimum atomic E-state index is -4.00. The zero-order chi connectivity index (χ0) is 36.7. The molecule has 0 spiro atoms. The molecule has 3 fully saturated rings. The van der Waals surface area contributed by atoms with Crippen molar-refractivity contribution in [1.29, 1.82) is 0 Å². The van der Waals surface area contributed by atoms with Crippen LogP contribution in [0.5, 0.6) is 0 Å². The van der Waals surface area contributed by atoms with E-state index in [1.807, 2.05) is 0 Å². The molecule has 278 valence electrons. The summed E-state index contributed by atoms with van der Waals surface area (Å²) in [5.74, 6) is 0.327. The molecule has 4 aromatic heterocycles. The highest BCUT2D eigenvalue weighted by Crippen LogP contribution is 2.53. The first-order chi connectivity index (χ1) is 23.9. The maximum absolute atomic E-state index is 13.9. The van der Waals surface area contributed by atoms with Crippen LogP contribution in [0.15, 0.2) is 25.3 Å². The largest absolute Gasteiger partial charge is 0.408 e. The van der Waals surface area contributed by atoms with Crippen LogP contribution in [-0.2, 0) is 39.3 Å². The van der Waals surface area contributed by atoms with E-state index < -0.39 is 70.6 Å². The number of nitrogens with one attached hydrogen (secondary N) is 2. The SMILES string of the molecule is CC(C)(C)[Si](C)(C)O[C@@H]1[C@@H]2NP(O)(=S)OC[C@H]3O[C@@H](n4cnc5c(N)ncnc54)[C@H](O)[C@@H]3NP(=O)(S)OC[C@H]2O[C@H]1n1cnc2c(N)ncnc21. The van der Waals surface area contributed by atoms with Crippen molar-refractivity contribution >= 4 is 79.7 Å². The number of nitrogens with two attached hydrogens (primary N) is 2. The molecule has 25 heteroatoms. The molecule has 10 atom stereocenters. The van der Waals surface area contributed by atoms with Crippen LogP contribution in [0.4, 0.5) is 11.6 Å². The lowest BCUT2D eigenvalue weighted by Gasteiger charge is -2.41. The van der Waals surface area contributed by atoms with Gasteiger partial charge in [0.25, 0.3) is 6.64 Å². The summed E-state index contributed by atoms with van der Waals surface area (Å²) in [5, 5.41) is 17.2. The number of hydrogen-bond donors (Lipinski definition) is 7. The normalized spacial score (nSPS) is 35.4. The van der Waals surface area contributed by atoms with E-state index in [2.05, 4.69) is 86.2 Å². The topological polar surface area (TPSA) is 267 Å². The van der Waals surface area contributed by atoms with Crippen LogP contribution in [0.25, 0.3) is 22.3 Å². The van der Waals surface area contributed by atoms with Crippen molar-refractivity contribution in [2.24, 2.45) is 0 Å². The third kappa shape index (κ3) is 6.98. The monoisotopic (exact) mass is 802 g/mol. The van der Waals surface area contributed by atoms with Crippen LogP contribution < -0.4 is 21.6 Å². The van der Waals surface area contributed by atoms with Gasteiger partial charge >= 0.3 is 6.72 Å². The number of hydrogen-bond acceptors (Lipinski definition) is 16. The van der Waals surface area contributed by atoms with Gasteiger partial charge in [0.1, 0.15) is 48.1 Å². The van der Waals surface area contributed by atoms with E-state index in [9.17, 15) is 14.6 Å². The molecule has 0 saturated carbocycles. The molecule has 7 rings (SSSR count). The summed E-state index contributed by atoms with van der Waals surface area (Å²) in [7, 11) is -2.56. The van der Waals surface area contributed by atoms with Gasteiger partial charge in [0.15, 0.2) is 43.7 Å². The minimum absolute atomic E-state index is 0.143. The van der Waals surface area contributed by atoms with Gasteiger partial charge in [0.2, 0.25) is 0 Å². The second-order valence-electron chi connectivity index (χ2n) is 14.1. The molecule has 0 radical (unpaired) electrons. The Hall–Kier alpha value is -2.21. The molecule has 0 amide bonds. The Labute approximate surface area is 303 Å². The molecule has 2 unspecified atom stereocenters. The maximum Gasteiger partial charge on any atom is 0.324 e. The summed E-state index contributed by atoms with van der Waals surface area (Å²) >= 11 is 10.0. The number of rotatable bonds is 4. The summed E-state index contributed by atoms with van der Waals surface area (Å²) in [6.07, 6.45) is -0.568. The zero-order valence-corrected chi connectivity index (χ0v) is 32.7. The average molecular weight is 803 g/mol. The smallest absolute Gasteiger partial charge is 0.324 e. The first kappa shape index (κ1) is 37.1. The van der Waals surface area contributed by atoms with Gasteiger partial charge in [0, 0.05) is 0 Å². The number of imidazole rings is 2. The van der Waals surface area contributed by atoms with Gasteiger partial charge < -0.3 is 44.4 Å². The summed E-state index contributed by atoms with van der Waals surface area (Å²) in [6, 6.07) is -1.93. The predicted octanol–water partition coefficient (Wildman–Crippen LogP) is 1.59. The summed E-state index contributed by atoms with van der Waals surface area (Å²) in [5.41, 5.74) is 13.4. The van der Waals surface area contributed by atoms with Crippen molar-refractivity contribution in [3.63, 3.8) is 0 Å². The third-order valence-corrected chi connectivity index (χ3v) is 17.8. The highest BCUT2D eigenvalue weighted by Gasteiger charge is 2.54. The fourth-order valence-corrected chi connectivity index (χ4v) is 10.8. The van der Waals surface area contributed by atoms with Crippen LogP contribution >= 0.6 is 25.6 Å². The van der Waals surface area contributed by atoms with Crippen LogP contribution in [0.2, 0.25) is 18.1 Å². The standard InChI is InChI=1S/C26H40N12O8P2S2Si/c1-26(2,3)51(4,5)46-19-15-13(45-25(19)38-11-34-17-21(28)30-9-32-23(17)38)7-43-47(40,49)35-14-12(6-42-48(41,50)36-15)44-24(18(14)39)37-10-33-16-20(27)29-8-31-22(16)37/h8-15,18-19,24-25,39H,6-7H2,1-5H3,(H2,27,29,31)(H2,28,30,32)(H2,35,40,49)(H2,36,41,50)/t12-,13-,14-,15-,18-,19-,24-,25-,47?,48?/m1/s1. The molecule has 0 aromatic carbocycles. The summed E-state index contributed by atoms with van der Waals surface area (Å²) in [6.45, 7) is 1.94. The summed E-state index contributed by atoms with van der Waals surface area (Å²) < 4.78 is 48.8. The number of ether oxygens (including phenoxy) is 2. The lowest BCUT2D eigenvalue weighted by atomic mass is 10.1. The quantitative estimate of drug-likeness (QED) is 0.0877. The van der Waals surface area contributed by atoms with Gasteiger partial charge in [-0.1, -0.05) is 33.0 Å². The van der Waals surface area contributed by atoms with Gasteiger partial charge in [-0.05, 0) is 29.9 Å². The van der Waals surface area contributed by atoms with E-state index in [1.54, 1.807) is 4.57 Å². The molecule has 3 aliphatic rings. The molecule has 20 nitrogen and oxygen atoms in total. The second kappa shape index (κ2) is 13.3. The van der Waals surface area contributed by atoms with Crippen molar-refractivity contribution in [2.45, 2.75) is 87.9 Å². The highest BCUT2D eigenvalue weighted by atomic mass is 32.7. The summed E-state index contributed by atoms with van der Waals surface area (Å²) in [4.78, 5) is 36.9. The van der Waals surface area contributed by atoms with Crippen molar-refractivity contribution in [3.05, 3.63) is 25.3 Å². The Morgan fingerprint density at radius 3 is 2.04 bits per heavy atom. The molecule has 7 heterocycles. The highest BCUT2D eigenvalue weighted by molar-refractivity contribution is 8.45. The molecule has 3 aliphatic heterocycles. The Morgan fingerprint density at radius 2 is 1.45 bits per heavy atom. The predicted molar refractivity (Wildman–Crippen MR) is 194 cm³/mol. The van der Waals surface area contributed by atoms with E-state index in [0.717, 1.165) is 0 Å². The Balaban J connectivity index is 1.23. The molecule has 4 aromatic rings. The van der Waals surface area contributed by atoms with E-state index in [1.165, 1.54) is 29.9 Å². The Kier molecular flexibility index (Phi) is 9.66. The zero-order valence-electron chi connectivity index (χ0n) is 28.2. The van der Waals surface area contributed by atoms with Crippen LogP contribution in [0, 0.1) is 0 Å². The van der Waals surface area contributed by atoms with Crippen LogP contribution in [0.1, 0.15) is 33.2 Å².